The Morgan fingerprint density at radius 2 is 2.03 bits per heavy atom. The summed E-state index contributed by atoms with van der Waals surface area (Å²) in [5.41, 5.74) is 4.78. The van der Waals surface area contributed by atoms with Crippen molar-refractivity contribution >= 4 is 22.0 Å². The van der Waals surface area contributed by atoms with E-state index in [2.05, 4.69) is 16.2 Å². The maximum Gasteiger partial charge on any atom is 0.420 e. The number of nitriles is 1. The molecule has 0 unspecified atom stereocenters. The summed E-state index contributed by atoms with van der Waals surface area (Å²) >= 11 is 0. The minimum atomic E-state index is -0.613. The lowest BCUT2D eigenvalue weighted by Crippen LogP contribution is -2.20. The highest BCUT2D eigenvalue weighted by atomic mass is 16.5. The Hall–Kier alpha value is -4.42. The second-order valence-electron chi connectivity index (χ2n) is 8.28. The number of hydrogen-bond acceptors (Lipinski definition) is 8. The van der Waals surface area contributed by atoms with E-state index in [-0.39, 0.29) is 11.3 Å². The maximum absolute atomic E-state index is 13.1. The van der Waals surface area contributed by atoms with Gasteiger partial charge >= 0.3 is 5.76 Å². The number of pyridine rings is 1. The van der Waals surface area contributed by atoms with E-state index < -0.39 is 18.4 Å². The lowest BCUT2D eigenvalue weighted by molar-refractivity contribution is 0.277. The number of methoxy groups -OCH3 is 1. The van der Waals surface area contributed by atoms with Crippen molar-refractivity contribution in [1.29, 1.82) is 5.26 Å². The van der Waals surface area contributed by atoms with Crippen LogP contribution >= 0.6 is 0 Å². The summed E-state index contributed by atoms with van der Waals surface area (Å²) in [4.78, 5) is 17.7. The van der Waals surface area contributed by atoms with Crippen molar-refractivity contribution in [3.8, 4) is 22.9 Å². The number of aliphatic hydroxyl groups excluding tert-OH is 1. The van der Waals surface area contributed by atoms with Gasteiger partial charge in [0.15, 0.2) is 5.58 Å². The Bertz CT molecular complexity index is 1680. The van der Waals surface area contributed by atoms with Crippen LogP contribution in [0.3, 0.4) is 0 Å². The van der Waals surface area contributed by atoms with E-state index in [0.29, 0.717) is 44.8 Å². The molecule has 0 fully saturated rings. The molecule has 0 spiro atoms. The van der Waals surface area contributed by atoms with Gasteiger partial charge in [-0.15, -0.1) is 0 Å². The van der Waals surface area contributed by atoms with Crippen LogP contribution in [0.5, 0.6) is 5.75 Å². The third kappa shape index (κ3) is 3.38. The molecular weight excluding hydrogens is 448 g/mol. The van der Waals surface area contributed by atoms with Gasteiger partial charge in [0.05, 0.1) is 48.2 Å². The van der Waals surface area contributed by atoms with Gasteiger partial charge in [0.2, 0.25) is 0 Å². The average Bonchev–Trinajstić information content (AvgIpc) is 3.40. The molecule has 5 aromatic rings. The fourth-order valence-corrected chi connectivity index (χ4v) is 4.67. The molecule has 0 saturated carbocycles. The number of fused-ring (bicyclic) bond motifs is 3. The smallest absolute Gasteiger partial charge is 0.420 e. The predicted molar refractivity (Wildman–Crippen MR) is 128 cm³/mol. The van der Waals surface area contributed by atoms with Gasteiger partial charge in [-0.2, -0.15) is 5.26 Å². The first-order chi connectivity index (χ1) is 16.9. The van der Waals surface area contributed by atoms with Crippen LogP contribution in [0, 0.1) is 25.2 Å². The second-order valence-corrected chi connectivity index (χ2v) is 8.28. The number of hydrogen-bond donors (Lipinski definition) is 1. The molecule has 0 saturated heterocycles. The van der Waals surface area contributed by atoms with Crippen LogP contribution in [0.2, 0.25) is 0 Å². The van der Waals surface area contributed by atoms with Gasteiger partial charge in [0, 0.05) is 10.9 Å². The summed E-state index contributed by atoms with van der Waals surface area (Å²) < 4.78 is 18.1. The summed E-state index contributed by atoms with van der Waals surface area (Å²) in [7, 11) is 1.56. The minimum absolute atomic E-state index is 0.193. The van der Waals surface area contributed by atoms with Crippen LogP contribution in [-0.2, 0) is 6.61 Å². The first kappa shape index (κ1) is 22.4. The molecule has 0 radical (unpaired) electrons. The summed E-state index contributed by atoms with van der Waals surface area (Å²) in [5.74, 6) is 0.556. The number of nitrogens with zero attached hydrogens (tertiary/aromatic N) is 4. The third-order valence-corrected chi connectivity index (χ3v) is 6.30. The lowest BCUT2D eigenvalue weighted by Gasteiger charge is -2.17. The number of benzene rings is 2. The maximum atomic E-state index is 13.1. The Morgan fingerprint density at radius 1 is 1.26 bits per heavy atom. The van der Waals surface area contributed by atoms with Gasteiger partial charge in [-0.25, -0.2) is 9.78 Å². The van der Waals surface area contributed by atoms with Crippen molar-refractivity contribution in [3.05, 3.63) is 75.2 Å². The quantitative estimate of drug-likeness (QED) is 0.400. The number of aliphatic hydroxyl groups is 1. The summed E-state index contributed by atoms with van der Waals surface area (Å²) in [6.07, 6.45) is 0. The zero-order chi connectivity index (χ0) is 24.9. The van der Waals surface area contributed by atoms with Gasteiger partial charge in [-0.05, 0) is 44.5 Å². The number of aromatic nitrogens is 3. The highest BCUT2D eigenvalue weighted by molar-refractivity contribution is 6.05. The number of rotatable bonds is 5. The molecule has 0 amide bonds. The second kappa shape index (κ2) is 8.42. The van der Waals surface area contributed by atoms with E-state index in [1.807, 2.05) is 32.9 Å². The Balaban J connectivity index is 1.88. The van der Waals surface area contributed by atoms with E-state index in [4.69, 9.17) is 13.7 Å². The largest absolute Gasteiger partial charge is 0.496 e. The first-order valence-electron chi connectivity index (χ1n) is 11.0. The standard InChI is InChI=1S/C26H22N4O5/c1-13-23(15(3)35-29-13)19-9-20-18(10-22(19)33-4)24-25(21(12-31)28-20)34-26(32)30(24)14(2)17-8-6-5-7-16(17)11-27/h5-10,14,31H,12H2,1-4H3/t14-/m1/s1. The molecule has 1 N–H and O–H groups in total. The SMILES string of the molecule is COc1cc2c(cc1-c1c(C)noc1C)nc(CO)c1oc(=O)n([C@H](C)c3ccccc3C#N)c12. The zero-order valence-electron chi connectivity index (χ0n) is 19.6. The van der Waals surface area contributed by atoms with E-state index in [1.165, 1.54) is 4.57 Å². The van der Waals surface area contributed by atoms with Crippen LogP contribution in [0.15, 0.2) is 50.1 Å². The summed E-state index contributed by atoms with van der Waals surface area (Å²) in [5, 5.41) is 24.3. The molecule has 176 valence electrons. The predicted octanol–water partition coefficient (Wildman–Crippen LogP) is 4.40. The molecule has 9 nitrogen and oxygen atoms in total. The molecule has 3 aromatic heterocycles. The number of aryl methyl sites for hydroxylation is 2. The molecule has 0 aliphatic rings. The van der Waals surface area contributed by atoms with E-state index in [9.17, 15) is 15.2 Å². The van der Waals surface area contributed by atoms with Crippen molar-refractivity contribution in [2.75, 3.05) is 7.11 Å². The van der Waals surface area contributed by atoms with Crippen molar-refractivity contribution in [2.24, 2.45) is 0 Å². The molecule has 35 heavy (non-hydrogen) atoms. The van der Waals surface area contributed by atoms with Crippen LogP contribution < -0.4 is 10.5 Å². The van der Waals surface area contributed by atoms with E-state index >= 15 is 0 Å². The zero-order valence-corrected chi connectivity index (χ0v) is 19.6. The van der Waals surface area contributed by atoms with E-state index in [1.54, 1.807) is 31.4 Å². The first-order valence-corrected chi connectivity index (χ1v) is 11.0. The lowest BCUT2D eigenvalue weighted by atomic mass is 9.99. The summed E-state index contributed by atoms with van der Waals surface area (Å²) in [6, 6.07) is 12.4. The van der Waals surface area contributed by atoms with Crippen molar-refractivity contribution in [1.82, 2.24) is 14.7 Å². The fourth-order valence-electron chi connectivity index (χ4n) is 4.67. The molecule has 0 aliphatic carbocycles. The molecule has 9 heteroatoms. The topological polar surface area (TPSA) is 127 Å². The highest BCUT2D eigenvalue weighted by Crippen LogP contribution is 2.40. The van der Waals surface area contributed by atoms with Crippen LogP contribution in [0.4, 0.5) is 0 Å². The molecule has 3 heterocycles. The Morgan fingerprint density at radius 3 is 2.69 bits per heavy atom. The molecule has 0 aliphatic heterocycles. The Kier molecular flexibility index (Phi) is 5.38. The van der Waals surface area contributed by atoms with Gasteiger partial charge in [0.25, 0.3) is 0 Å². The monoisotopic (exact) mass is 470 g/mol. The number of oxazole rings is 1. The van der Waals surface area contributed by atoms with Gasteiger partial charge in [-0.1, -0.05) is 23.4 Å². The van der Waals surface area contributed by atoms with Crippen LogP contribution in [0.1, 0.15) is 41.2 Å². The number of ether oxygens (including phenoxy) is 1. The normalized spacial score (nSPS) is 12.2. The van der Waals surface area contributed by atoms with Gasteiger partial charge < -0.3 is 18.8 Å². The molecule has 0 bridgehead atoms. The third-order valence-electron chi connectivity index (χ3n) is 6.30. The summed E-state index contributed by atoms with van der Waals surface area (Å²) in [6.45, 7) is 5.06. The average molecular weight is 470 g/mol. The van der Waals surface area contributed by atoms with Crippen molar-refractivity contribution in [2.45, 2.75) is 33.4 Å². The molecule has 2 aromatic carbocycles. The molecule has 5 rings (SSSR count). The van der Waals surface area contributed by atoms with Crippen LogP contribution in [-0.4, -0.2) is 26.9 Å². The van der Waals surface area contributed by atoms with Crippen molar-refractivity contribution in [3.63, 3.8) is 0 Å². The minimum Gasteiger partial charge on any atom is -0.496 e. The fraction of sp³-hybridized carbons (Fsp3) is 0.231. The molecule has 1 atom stereocenters. The van der Waals surface area contributed by atoms with E-state index in [0.717, 1.165) is 11.1 Å². The van der Waals surface area contributed by atoms with Gasteiger partial charge in [-0.3, -0.25) is 4.57 Å². The van der Waals surface area contributed by atoms with Crippen molar-refractivity contribution < 1.29 is 18.8 Å². The highest BCUT2D eigenvalue weighted by Gasteiger charge is 2.25. The Labute approximate surface area is 199 Å². The van der Waals surface area contributed by atoms with Crippen LogP contribution in [0.25, 0.3) is 33.1 Å². The van der Waals surface area contributed by atoms with Gasteiger partial charge in [0.1, 0.15) is 22.7 Å². The molecular formula is C26H22N4O5.